The van der Waals surface area contributed by atoms with Crippen molar-refractivity contribution in [3.05, 3.63) is 72.4 Å². The van der Waals surface area contributed by atoms with E-state index >= 15 is 0 Å². The van der Waals surface area contributed by atoms with Crippen molar-refractivity contribution in [3.8, 4) is 11.5 Å². The first-order valence-corrected chi connectivity index (χ1v) is 9.26. The van der Waals surface area contributed by atoms with Gasteiger partial charge < -0.3 is 9.73 Å². The number of urea groups is 1. The Morgan fingerprint density at radius 1 is 1.03 bits per heavy atom. The molecule has 0 fully saturated rings. The van der Waals surface area contributed by atoms with Gasteiger partial charge in [0.05, 0.1) is 0 Å². The number of oxazole rings is 1. The van der Waals surface area contributed by atoms with E-state index in [-0.39, 0.29) is 5.95 Å². The molecule has 0 radical (unpaired) electrons. The van der Waals surface area contributed by atoms with Crippen LogP contribution in [0.25, 0.3) is 28.2 Å². The van der Waals surface area contributed by atoms with Crippen LogP contribution in [0.1, 0.15) is 5.56 Å². The molecule has 9 nitrogen and oxygen atoms in total. The molecular weight excluding hydrogens is 382 g/mol. The van der Waals surface area contributed by atoms with Crippen LogP contribution in [0.2, 0.25) is 0 Å². The zero-order chi connectivity index (χ0) is 20.5. The highest BCUT2D eigenvalue weighted by Gasteiger charge is 2.09. The van der Waals surface area contributed by atoms with Gasteiger partial charge in [0.15, 0.2) is 11.2 Å². The number of nitrogens with zero attached hydrogens (tertiary/aromatic N) is 4. The molecule has 0 spiro atoms. The maximum absolute atomic E-state index is 12.1. The minimum Gasteiger partial charge on any atom is -0.436 e. The fourth-order valence-electron chi connectivity index (χ4n) is 3.02. The molecule has 0 aliphatic heterocycles. The fourth-order valence-corrected chi connectivity index (χ4v) is 3.02. The van der Waals surface area contributed by atoms with Gasteiger partial charge in [0.1, 0.15) is 5.52 Å². The SMILES string of the molecule is Cc1ccc2oc(-c3ccc(NC(=O)NNc4nc5ccccn5n4)cc3)nc2c1. The van der Waals surface area contributed by atoms with E-state index in [2.05, 4.69) is 31.2 Å². The third-order valence-electron chi connectivity index (χ3n) is 4.46. The fraction of sp³-hybridized carbons (Fsp3) is 0.0476. The summed E-state index contributed by atoms with van der Waals surface area (Å²) in [6.45, 7) is 2.01. The molecule has 0 saturated heterocycles. The van der Waals surface area contributed by atoms with E-state index < -0.39 is 6.03 Å². The molecule has 0 bridgehead atoms. The summed E-state index contributed by atoms with van der Waals surface area (Å²) < 4.78 is 7.41. The van der Waals surface area contributed by atoms with Crippen molar-refractivity contribution in [1.29, 1.82) is 0 Å². The van der Waals surface area contributed by atoms with Crippen molar-refractivity contribution < 1.29 is 9.21 Å². The Labute approximate surface area is 170 Å². The first-order chi connectivity index (χ1) is 14.6. The smallest absolute Gasteiger partial charge is 0.337 e. The maximum atomic E-state index is 12.1. The molecule has 0 atom stereocenters. The van der Waals surface area contributed by atoms with Gasteiger partial charge >= 0.3 is 6.03 Å². The van der Waals surface area contributed by atoms with Crippen LogP contribution >= 0.6 is 0 Å². The number of hydrogen-bond acceptors (Lipinski definition) is 6. The van der Waals surface area contributed by atoms with Crippen molar-refractivity contribution in [2.24, 2.45) is 0 Å². The lowest BCUT2D eigenvalue weighted by molar-refractivity contribution is 0.253. The number of amides is 2. The van der Waals surface area contributed by atoms with E-state index in [4.69, 9.17) is 4.42 Å². The molecule has 0 aliphatic carbocycles. The van der Waals surface area contributed by atoms with Gasteiger partial charge in [-0.3, -0.25) is 5.43 Å². The number of nitrogens with one attached hydrogen (secondary N) is 3. The Bertz CT molecular complexity index is 1320. The number of benzene rings is 2. The summed E-state index contributed by atoms with van der Waals surface area (Å²) in [6.07, 6.45) is 1.77. The Morgan fingerprint density at radius 2 is 1.90 bits per heavy atom. The molecule has 5 rings (SSSR count). The molecule has 2 amide bonds. The van der Waals surface area contributed by atoms with Crippen molar-refractivity contribution in [3.63, 3.8) is 0 Å². The number of hydrazine groups is 1. The number of hydrogen-bond donors (Lipinski definition) is 3. The lowest BCUT2D eigenvalue weighted by Gasteiger charge is -2.07. The molecule has 3 aromatic heterocycles. The van der Waals surface area contributed by atoms with Gasteiger partial charge in [-0.25, -0.2) is 19.7 Å². The van der Waals surface area contributed by atoms with Crippen molar-refractivity contribution in [2.45, 2.75) is 6.92 Å². The van der Waals surface area contributed by atoms with Gasteiger partial charge in [-0.15, -0.1) is 5.10 Å². The highest BCUT2D eigenvalue weighted by atomic mass is 16.3. The van der Waals surface area contributed by atoms with E-state index in [9.17, 15) is 4.79 Å². The van der Waals surface area contributed by atoms with Gasteiger partial charge in [0, 0.05) is 17.4 Å². The summed E-state index contributed by atoms with van der Waals surface area (Å²) in [5, 5.41) is 6.93. The van der Waals surface area contributed by atoms with Crippen LogP contribution in [0.15, 0.2) is 71.3 Å². The summed E-state index contributed by atoms with van der Waals surface area (Å²) in [7, 11) is 0. The molecule has 0 aliphatic rings. The normalized spacial score (nSPS) is 11.0. The lowest BCUT2D eigenvalue weighted by Crippen LogP contribution is -2.34. The number of aryl methyl sites for hydroxylation is 1. The molecule has 2 aromatic carbocycles. The summed E-state index contributed by atoms with van der Waals surface area (Å²) in [5.74, 6) is 0.823. The van der Waals surface area contributed by atoms with Crippen LogP contribution in [0.4, 0.5) is 16.4 Å². The number of anilines is 2. The first-order valence-electron chi connectivity index (χ1n) is 9.26. The number of fused-ring (bicyclic) bond motifs is 2. The molecular formula is C21H17N7O2. The van der Waals surface area contributed by atoms with Gasteiger partial charge in [-0.2, -0.15) is 4.98 Å². The van der Waals surface area contributed by atoms with Crippen molar-refractivity contribution >= 4 is 34.4 Å². The lowest BCUT2D eigenvalue weighted by atomic mass is 10.2. The largest absolute Gasteiger partial charge is 0.436 e. The van der Waals surface area contributed by atoms with Gasteiger partial charge in [0.2, 0.25) is 5.89 Å². The average molecular weight is 399 g/mol. The quantitative estimate of drug-likeness (QED) is 0.394. The second-order valence-corrected chi connectivity index (χ2v) is 6.71. The van der Waals surface area contributed by atoms with E-state index in [0.717, 1.165) is 22.2 Å². The minimum atomic E-state index is -0.445. The second-order valence-electron chi connectivity index (χ2n) is 6.71. The van der Waals surface area contributed by atoms with Gasteiger partial charge in [-0.05, 0) is 61.0 Å². The van der Waals surface area contributed by atoms with Crippen molar-refractivity contribution in [1.82, 2.24) is 25.0 Å². The second kappa shape index (κ2) is 7.21. The van der Waals surface area contributed by atoms with Crippen LogP contribution in [-0.4, -0.2) is 25.6 Å². The maximum Gasteiger partial charge on any atom is 0.337 e. The summed E-state index contributed by atoms with van der Waals surface area (Å²) >= 11 is 0. The first kappa shape index (κ1) is 17.7. The molecule has 0 unspecified atom stereocenters. The van der Waals surface area contributed by atoms with Gasteiger partial charge in [0.25, 0.3) is 5.95 Å². The predicted octanol–water partition coefficient (Wildman–Crippen LogP) is 3.99. The Morgan fingerprint density at radius 3 is 2.73 bits per heavy atom. The zero-order valence-electron chi connectivity index (χ0n) is 16.0. The van der Waals surface area contributed by atoms with E-state index in [1.54, 1.807) is 22.8 Å². The number of carbonyl (C=O) groups is 1. The van der Waals surface area contributed by atoms with Crippen LogP contribution in [0.3, 0.4) is 0 Å². The Hall–Kier alpha value is -4.40. The van der Waals surface area contributed by atoms with Crippen LogP contribution in [-0.2, 0) is 0 Å². The number of carbonyl (C=O) groups excluding carboxylic acids is 1. The molecule has 0 saturated carbocycles. The third kappa shape index (κ3) is 3.51. The molecule has 9 heteroatoms. The third-order valence-corrected chi connectivity index (χ3v) is 4.46. The van der Waals surface area contributed by atoms with Crippen LogP contribution < -0.4 is 16.2 Å². The van der Waals surface area contributed by atoms with Crippen LogP contribution in [0, 0.1) is 6.92 Å². The standard InChI is InChI=1S/C21H17N7O2/c1-13-5-10-17-16(12-13)23-19(30-17)14-6-8-15(9-7-14)22-21(29)26-25-20-24-18-4-2-3-11-28(18)27-20/h2-12H,1H3,(H,25,27)(H2,22,26,29). The van der Waals surface area contributed by atoms with Crippen LogP contribution in [0.5, 0.6) is 0 Å². The molecule has 3 N–H and O–H groups in total. The van der Waals surface area contributed by atoms with E-state index in [0.29, 0.717) is 17.2 Å². The highest BCUT2D eigenvalue weighted by molar-refractivity contribution is 5.90. The zero-order valence-corrected chi connectivity index (χ0v) is 16.0. The summed E-state index contributed by atoms with van der Waals surface area (Å²) in [5.41, 5.74) is 9.98. The molecule has 5 aromatic rings. The molecule has 30 heavy (non-hydrogen) atoms. The summed E-state index contributed by atoms with van der Waals surface area (Å²) in [4.78, 5) is 20.9. The summed E-state index contributed by atoms with van der Waals surface area (Å²) in [6, 6.07) is 18.2. The number of aromatic nitrogens is 4. The Kier molecular flexibility index (Phi) is 4.25. The Balaban J connectivity index is 1.23. The highest BCUT2D eigenvalue weighted by Crippen LogP contribution is 2.25. The minimum absolute atomic E-state index is 0.290. The predicted molar refractivity (Wildman–Crippen MR) is 113 cm³/mol. The van der Waals surface area contributed by atoms with E-state index in [1.165, 1.54) is 0 Å². The van der Waals surface area contributed by atoms with Crippen molar-refractivity contribution in [2.75, 3.05) is 10.7 Å². The number of rotatable bonds is 4. The van der Waals surface area contributed by atoms with Gasteiger partial charge in [-0.1, -0.05) is 12.1 Å². The van der Waals surface area contributed by atoms with E-state index in [1.807, 2.05) is 55.5 Å². The topological polar surface area (TPSA) is 109 Å². The molecule has 148 valence electrons. The number of pyridine rings is 1. The average Bonchev–Trinajstić information content (AvgIpc) is 3.36. The molecule has 3 heterocycles. The monoisotopic (exact) mass is 399 g/mol.